The topological polar surface area (TPSA) is 44.4 Å². The van der Waals surface area contributed by atoms with E-state index < -0.39 is 5.54 Å². The lowest BCUT2D eigenvalue weighted by molar-refractivity contribution is -0.142. The van der Waals surface area contributed by atoms with Crippen LogP contribution in [-0.2, 0) is 17.8 Å². The second kappa shape index (κ2) is 9.23. The maximum Gasteiger partial charge on any atom is 0.240 e. The number of rotatable bonds is 8. The molecule has 176 valence electrons. The van der Waals surface area contributed by atoms with Gasteiger partial charge in [-0.25, -0.2) is 0 Å². The molecule has 4 nitrogen and oxygen atoms in total. The van der Waals surface area contributed by atoms with Crippen LogP contribution in [0.2, 0.25) is 0 Å². The van der Waals surface area contributed by atoms with Gasteiger partial charge in [-0.2, -0.15) is 0 Å². The molecule has 1 saturated carbocycles. The molecule has 4 aliphatic rings. The Hall–Kier alpha value is -2.17. The molecule has 0 radical (unpaired) electrons. The third-order valence-corrected chi connectivity index (χ3v) is 8.41. The number of benzene rings is 2. The first-order valence-corrected chi connectivity index (χ1v) is 12.9. The zero-order chi connectivity index (χ0) is 23.0. The SMILES string of the molecule is CCC1N[C@@]2(C(=O)NCc3ccccc3)C[C@@H]3CN(CC(C)C)[C@H]([C@H]13)[C@@H]2Cc1ccccc1. The molecule has 2 aromatic rings. The van der Waals surface area contributed by atoms with Gasteiger partial charge in [-0.05, 0) is 48.1 Å². The highest BCUT2D eigenvalue weighted by Crippen LogP contribution is 2.55. The number of nitrogens with one attached hydrogen (secondary N) is 2. The minimum atomic E-state index is -0.499. The van der Waals surface area contributed by atoms with Crippen LogP contribution in [-0.4, -0.2) is 41.5 Å². The lowest BCUT2D eigenvalue weighted by Gasteiger charge is -2.59. The summed E-state index contributed by atoms with van der Waals surface area (Å²) in [7, 11) is 0. The maximum absolute atomic E-state index is 14.1. The van der Waals surface area contributed by atoms with Crippen molar-refractivity contribution in [3.8, 4) is 0 Å². The Morgan fingerprint density at radius 1 is 1.09 bits per heavy atom. The third-order valence-electron chi connectivity index (χ3n) is 8.41. The van der Waals surface area contributed by atoms with Crippen LogP contribution >= 0.6 is 0 Å². The van der Waals surface area contributed by atoms with Crippen LogP contribution < -0.4 is 10.6 Å². The van der Waals surface area contributed by atoms with Crippen LogP contribution in [0.25, 0.3) is 0 Å². The summed E-state index contributed by atoms with van der Waals surface area (Å²) in [5.74, 6) is 2.36. The molecular weight excluding hydrogens is 406 g/mol. The lowest BCUT2D eigenvalue weighted by Crippen LogP contribution is -2.77. The van der Waals surface area contributed by atoms with Crippen molar-refractivity contribution in [3.63, 3.8) is 0 Å². The van der Waals surface area contributed by atoms with Gasteiger partial charge in [-0.3, -0.25) is 15.0 Å². The van der Waals surface area contributed by atoms with Gasteiger partial charge in [0.1, 0.15) is 5.54 Å². The van der Waals surface area contributed by atoms with Gasteiger partial charge in [-0.1, -0.05) is 81.4 Å². The molecule has 3 aliphatic heterocycles. The van der Waals surface area contributed by atoms with Gasteiger partial charge in [0.15, 0.2) is 0 Å². The van der Waals surface area contributed by atoms with Crippen LogP contribution in [0.5, 0.6) is 0 Å². The summed E-state index contributed by atoms with van der Waals surface area (Å²) in [6, 6.07) is 22.0. The average Bonchev–Trinajstić information content (AvgIpc) is 3.13. The van der Waals surface area contributed by atoms with Crippen LogP contribution in [0.1, 0.15) is 44.7 Å². The molecule has 6 rings (SSSR count). The molecule has 6 atom stereocenters. The molecule has 33 heavy (non-hydrogen) atoms. The number of hydrogen-bond acceptors (Lipinski definition) is 3. The Bertz CT molecular complexity index is 946. The van der Waals surface area contributed by atoms with Crippen LogP contribution in [0.3, 0.4) is 0 Å². The summed E-state index contributed by atoms with van der Waals surface area (Å²) >= 11 is 0. The molecule has 0 aromatic heterocycles. The van der Waals surface area contributed by atoms with E-state index in [0.29, 0.717) is 36.4 Å². The normalized spacial score (nSPS) is 32.9. The molecule has 4 fully saturated rings. The molecule has 1 amide bonds. The van der Waals surface area contributed by atoms with Gasteiger partial charge in [0.05, 0.1) is 0 Å². The maximum atomic E-state index is 14.1. The van der Waals surface area contributed by atoms with Crippen molar-refractivity contribution in [2.75, 3.05) is 13.1 Å². The summed E-state index contributed by atoms with van der Waals surface area (Å²) in [6.07, 6.45) is 2.99. The highest BCUT2D eigenvalue weighted by atomic mass is 16.2. The fourth-order valence-corrected chi connectivity index (χ4v) is 7.27. The number of amides is 1. The van der Waals surface area contributed by atoms with E-state index in [1.807, 2.05) is 18.2 Å². The number of likely N-dealkylation sites (tertiary alicyclic amines) is 1. The van der Waals surface area contributed by atoms with Crippen LogP contribution in [0, 0.1) is 23.7 Å². The highest BCUT2D eigenvalue weighted by Gasteiger charge is 2.67. The molecule has 2 aromatic carbocycles. The summed E-state index contributed by atoms with van der Waals surface area (Å²) in [4.78, 5) is 16.8. The zero-order valence-electron chi connectivity index (χ0n) is 20.3. The molecule has 4 bridgehead atoms. The van der Waals surface area contributed by atoms with E-state index in [0.717, 1.165) is 37.9 Å². The van der Waals surface area contributed by atoms with Crippen LogP contribution in [0.4, 0.5) is 0 Å². The van der Waals surface area contributed by atoms with Gasteiger partial charge >= 0.3 is 0 Å². The van der Waals surface area contributed by atoms with Crippen LogP contribution in [0.15, 0.2) is 60.7 Å². The van der Waals surface area contributed by atoms with Crippen molar-refractivity contribution in [1.29, 1.82) is 0 Å². The number of hydrogen-bond donors (Lipinski definition) is 2. The number of piperidine rings is 2. The molecule has 3 heterocycles. The summed E-state index contributed by atoms with van der Waals surface area (Å²) < 4.78 is 0. The molecule has 1 aliphatic carbocycles. The number of nitrogens with zero attached hydrogens (tertiary/aromatic N) is 1. The Balaban J connectivity index is 1.49. The van der Waals surface area contributed by atoms with Gasteiger partial charge in [0.2, 0.25) is 5.91 Å². The largest absolute Gasteiger partial charge is 0.350 e. The second-order valence-electron chi connectivity index (χ2n) is 11.0. The van der Waals surface area contributed by atoms with E-state index in [2.05, 4.69) is 78.8 Å². The Labute approximate surface area is 199 Å². The number of fused-ring (bicyclic) bond motifs is 1. The molecule has 3 saturated heterocycles. The monoisotopic (exact) mass is 445 g/mol. The Morgan fingerprint density at radius 2 is 1.76 bits per heavy atom. The molecule has 2 N–H and O–H groups in total. The molecule has 1 unspecified atom stereocenters. The van der Waals surface area contributed by atoms with Gasteiger partial charge in [0.25, 0.3) is 0 Å². The van der Waals surface area contributed by atoms with Crippen molar-refractivity contribution in [2.45, 2.75) is 64.2 Å². The summed E-state index contributed by atoms with van der Waals surface area (Å²) in [5, 5.41) is 7.31. The van der Waals surface area contributed by atoms with Gasteiger partial charge in [0, 0.05) is 37.6 Å². The van der Waals surface area contributed by atoms with Crippen molar-refractivity contribution >= 4 is 5.91 Å². The van der Waals surface area contributed by atoms with E-state index >= 15 is 0 Å². The van der Waals surface area contributed by atoms with Gasteiger partial charge in [-0.15, -0.1) is 0 Å². The standard InChI is InChI=1S/C29H39N3O/c1-4-25-26-23-16-29(31-25,28(33)30-17-22-13-9-6-10-14-22)24(15-21-11-7-5-8-12-21)27(26)32(19-23)18-20(2)3/h5-14,20,23-27,31H,4,15-19H2,1-3H3,(H,30,33)/t23-,24+,25?,26+,27+,29+/m1/s1. The minimum absolute atomic E-state index is 0.199. The second-order valence-corrected chi connectivity index (χ2v) is 11.0. The first-order valence-electron chi connectivity index (χ1n) is 12.9. The first-order chi connectivity index (χ1) is 16.0. The molecule has 0 spiro atoms. The quantitative estimate of drug-likeness (QED) is 0.638. The Morgan fingerprint density at radius 3 is 2.39 bits per heavy atom. The minimum Gasteiger partial charge on any atom is -0.350 e. The van der Waals surface area contributed by atoms with Crippen molar-refractivity contribution in [2.24, 2.45) is 23.7 Å². The van der Waals surface area contributed by atoms with E-state index in [4.69, 9.17) is 0 Å². The predicted octanol–water partition coefficient (Wildman–Crippen LogP) is 4.26. The summed E-state index contributed by atoms with van der Waals surface area (Å²) in [5.41, 5.74) is 2.00. The van der Waals surface area contributed by atoms with Crippen molar-refractivity contribution in [1.82, 2.24) is 15.5 Å². The van der Waals surface area contributed by atoms with E-state index in [9.17, 15) is 4.79 Å². The highest BCUT2D eigenvalue weighted by molar-refractivity contribution is 5.87. The lowest BCUT2D eigenvalue weighted by atomic mass is 9.55. The fraction of sp³-hybridized carbons (Fsp3) is 0.552. The summed E-state index contributed by atoms with van der Waals surface area (Å²) in [6.45, 7) is 9.79. The van der Waals surface area contributed by atoms with Crippen molar-refractivity contribution < 1.29 is 4.79 Å². The Kier molecular flexibility index (Phi) is 6.32. The first kappa shape index (κ1) is 22.6. The third kappa shape index (κ3) is 4.13. The average molecular weight is 446 g/mol. The van der Waals surface area contributed by atoms with E-state index in [-0.39, 0.29) is 11.8 Å². The molecule has 4 heteroatoms. The van der Waals surface area contributed by atoms with Gasteiger partial charge < -0.3 is 5.32 Å². The van der Waals surface area contributed by atoms with E-state index in [1.165, 1.54) is 5.56 Å². The number of carbonyl (C=O) groups is 1. The smallest absolute Gasteiger partial charge is 0.240 e. The number of carbonyl (C=O) groups excluding carboxylic acids is 1. The van der Waals surface area contributed by atoms with E-state index in [1.54, 1.807) is 0 Å². The van der Waals surface area contributed by atoms with Crippen molar-refractivity contribution in [3.05, 3.63) is 71.8 Å². The predicted molar refractivity (Wildman–Crippen MR) is 134 cm³/mol. The fourth-order valence-electron chi connectivity index (χ4n) is 7.27. The zero-order valence-corrected chi connectivity index (χ0v) is 20.3. The molecular formula is C29H39N3O.